The predicted molar refractivity (Wildman–Crippen MR) is 129 cm³/mol. The summed E-state index contributed by atoms with van der Waals surface area (Å²) in [6.07, 6.45) is 1.86. The first kappa shape index (κ1) is 22.8. The van der Waals surface area contributed by atoms with Crippen LogP contribution in [0.3, 0.4) is 0 Å². The van der Waals surface area contributed by atoms with Gasteiger partial charge in [0.25, 0.3) is 0 Å². The van der Waals surface area contributed by atoms with E-state index in [-0.39, 0.29) is 23.5 Å². The Hall–Kier alpha value is -3.38. The number of hydrogen-bond acceptors (Lipinski definition) is 4. The molecule has 0 saturated heterocycles. The monoisotopic (exact) mass is 447 g/mol. The molecule has 172 valence electrons. The fraction of sp³-hybridized carbons (Fsp3) is 0.296. The van der Waals surface area contributed by atoms with Crippen LogP contribution >= 0.6 is 0 Å². The Kier molecular flexibility index (Phi) is 6.65. The van der Waals surface area contributed by atoms with Gasteiger partial charge >= 0.3 is 0 Å². The van der Waals surface area contributed by atoms with Crippen LogP contribution in [0.1, 0.15) is 45.8 Å². The number of benzene rings is 3. The number of phenols is 1. The van der Waals surface area contributed by atoms with E-state index in [0.29, 0.717) is 12.8 Å². The Morgan fingerprint density at radius 3 is 2.48 bits per heavy atom. The van der Waals surface area contributed by atoms with Crippen LogP contribution in [0.2, 0.25) is 0 Å². The number of halogens is 1. The van der Waals surface area contributed by atoms with Gasteiger partial charge < -0.3 is 21.5 Å². The minimum atomic E-state index is -0.687. The molecule has 1 aliphatic rings. The van der Waals surface area contributed by atoms with Crippen molar-refractivity contribution < 1.29 is 14.3 Å². The van der Waals surface area contributed by atoms with Gasteiger partial charge in [-0.25, -0.2) is 4.39 Å². The van der Waals surface area contributed by atoms with Gasteiger partial charge in [0, 0.05) is 12.2 Å². The van der Waals surface area contributed by atoms with Crippen molar-refractivity contribution in [3.63, 3.8) is 0 Å². The number of amides is 1. The number of aryl methyl sites for hydroxylation is 2. The molecule has 0 saturated carbocycles. The molecule has 1 aliphatic heterocycles. The second-order valence-corrected chi connectivity index (χ2v) is 8.87. The molecule has 4 rings (SSSR count). The number of fused-ring (bicyclic) bond motifs is 1. The van der Waals surface area contributed by atoms with Gasteiger partial charge in [0.2, 0.25) is 5.91 Å². The molecule has 0 aromatic heterocycles. The normalized spacial score (nSPS) is 15.9. The highest BCUT2D eigenvalue weighted by molar-refractivity contribution is 5.82. The first-order chi connectivity index (χ1) is 15.8. The molecule has 5 nitrogen and oxygen atoms in total. The highest BCUT2D eigenvalue weighted by Gasteiger charge is 2.25. The van der Waals surface area contributed by atoms with Crippen LogP contribution in [-0.2, 0) is 17.6 Å². The number of anilines is 1. The van der Waals surface area contributed by atoms with Crippen molar-refractivity contribution in [3.05, 3.63) is 93.8 Å². The van der Waals surface area contributed by atoms with E-state index in [4.69, 9.17) is 5.73 Å². The summed E-state index contributed by atoms with van der Waals surface area (Å²) in [5, 5.41) is 16.3. The van der Waals surface area contributed by atoms with E-state index in [1.165, 1.54) is 12.1 Å². The lowest BCUT2D eigenvalue weighted by Crippen LogP contribution is -2.44. The largest absolute Gasteiger partial charge is 0.508 e. The van der Waals surface area contributed by atoms with Gasteiger partial charge in [-0.3, -0.25) is 4.79 Å². The van der Waals surface area contributed by atoms with E-state index in [1.807, 2.05) is 19.9 Å². The van der Waals surface area contributed by atoms with Crippen molar-refractivity contribution in [2.75, 3.05) is 11.9 Å². The first-order valence-corrected chi connectivity index (χ1v) is 11.3. The van der Waals surface area contributed by atoms with Crippen LogP contribution in [0.15, 0.2) is 54.6 Å². The molecule has 0 radical (unpaired) electrons. The predicted octanol–water partition coefficient (Wildman–Crippen LogP) is 4.28. The quantitative estimate of drug-likeness (QED) is 0.454. The van der Waals surface area contributed by atoms with Gasteiger partial charge in [-0.2, -0.15) is 0 Å². The standard InChI is InChI=1S/C27H30FN3O2/c1-16-11-21(32)12-17(2)22(16)15-24(29)27(33)31-26-9-10-30-25-8-5-19(14-23(25)26)13-18-3-6-20(28)7-4-18/h3-8,11-12,14,24,26,30,32H,9-10,13,15,29H2,1-2H3,(H,31,33)/t24-,26+/m0/s1. The lowest BCUT2D eigenvalue weighted by molar-refractivity contribution is -0.123. The third-order valence-corrected chi connectivity index (χ3v) is 6.32. The molecular formula is C27H30FN3O2. The summed E-state index contributed by atoms with van der Waals surface area (Å²) in [4.78, 5) is 13.0. The van der Waals surface area contributed by atoms with Gasteiger partial charge in [-0.1, -0.05) is 24.3 Å². The summed E-state index contributed by atoms with van der Waals surface area (Å²) in [6.45, 7) is 4.59. The van der Waals surface area contributed by atoms with Gasteiger partial charge in [0.05, 0.1) is 12.1 Å². The zero-order valence-electron chi connectivity index (χ0n) is 19.0. The van der Waals surface area contributed by atoms with E-state index >= 15 is 0 Å². The molecule has 0 fully saturated rings. The summed E-state index contributed by atoms with van der Waals surface area (Å²) >= 11 is 0. The van der Waals surface area contributed by atoms with Crippen LogP contribution in [0.4, 0.5) is 10.1 Å². The Morgan fingerprint density at radius 2 is 1.79 bits per heavy atom. The van der Waals surface area contributed by atoms with E-state index < -0.39 is 6.04 Å². The number of hydrogen-bond donors (Lipinski definition) is 4. The Labute approximate surface area is 193 Å². The van der Waals surface area contributed by atoms with E-state index in [0.717, 1.165) is 52.0 Å². The van der Waals surface area contributed by atoms with Crippen molar-refractivity contribution in [1.29, 1.82) is 0 Å². The van der Waals surface area contributed by atoms with Crippen LogP contribution in [-0.4, -0.2) is 23.6 Å². The fourth-order valence-electron chi connectivity index (χ4n) is 4.55. The molecule has 0 aliphatic carbocycles. The summed E-state index contributed by atoms with van der Waals surface area (Å²) < 4.78 is 13.2. The molecule has 1 amide bonds. The molecule has 6 heteroatoms. The van der Waals surface area contributed by atoms with Crippen molar-refractivity contribution in [3.8, 4) is 5.75 Å². The minimum Gasteiger partial charge on any atom is -0.508 e. The molecular weight excluding hydrogens is 417 g/mol. The number of phenolic OH excluding ortho intramolecular Hbond substituents is 1. The van der Waals surface area contributed by atoms with Crippen LogP contribution in [0.25, 0.3) is 0 Å². The first-order valence-electron chi connectivity index (χ1n) is 11.3. The van der Waals surface area contributed by atoms with Crippen molar-refractivity contribution >= 4 is 11.6 Å². The molecule has 0 bridgehead atoms. The van der Waals surface area contributed by atoms with Crippen LogP contribution in [0.5, 0.6) is 5.75 Å². The summed E-state index contributed by atoms with van der Waals surface area (Å²) in [7, 11) is 0. The third-order valence-electron chi connectivity index (χ3n) is 6.32. The van der Waals surface area contributed by atoms with Crippen molar-refractivity contribution in [2.45, 2.75) is 45.2 Å². The maximum absolute atomic E-state index is 13.2. The molecule has 33 heavy (non-hydrogen) atoms. The number of carbonyl (C=O) groups excluding carboxylic acids is 1. The number of carbonyl (C=O) groups is 1. The average Bonchev–Trinajstić information content (AvgIpc) is 2.78. The number of aromatic hydroxyl groups is 1. The maximum Gasteiger partial charge on any atom is 0.237 e. The molecule has 0 spiro atoms. The smallest absolute Gasteiger partial charge is 0.237 e. The van der Waals surface area contributed by atoms with Gasteiger partial charge in [-0.15, -0.1) is 0 Å². The SMILES string of the molecule is Cc1cc(O)cc(C)c1C[C@H](N)C(=O)N[C@@H]1CCNc2ccc(Cc3ccc(F)cc3)cc21. The van der Waals surface area contributed by atoms with Crippen LogP contribution < -0.4 is 16.4 Å². The van der Waals surface area contributed by atoms with E-state index in [9.17, 15) is 14.3 Å². The zero-order chi connectivity index (χ0) is 23.5. The number of nitrogens with two attached hydrogens (primary N) is 1. The van der Waals surface area contributed by atoms with Gasteiger partial charge in [-0.05, 0) is 96.8 Å². The Balaban J connectivity index is 1.48. The second kappa shape index (κ2) is 9.63. The Bertz CT molecular complexity index is 1140. The van der Waals surface area contributed by atoms with E-state index in [2.05, 4.69) is 22.8 Å². The molecule has 2 atom stereocenters. The van der Waals surface area contributed by atoms with Crippen LogP contribution in [0, 0.1) is 19.7 Å². The lowest BCUT2D eigenvalue weighted by atomic mass is 9.92. The average molecular weight is 448 g/mol. The zero-order valence-corrected chi connectivity index (χ0v) is 19.0. The van der Waals surface area contributed by atoms with Crippen molar-refractivity contribution in [2.24, 2.45) is 5.73 Å². The Morgan fingerprint density at radius 1 is 1.12 bits per heavy atom. The molecule has 5 N–H and O–H groups in total. The fourth-order valence-corrected chi connectivity index (χ4v) is 4.55. The minimum absolute atomic E-state index is 0.130. The van der Waals surface area contributed by atoms with E-state index in [1.54, 1.807) is 24.3 Å². The topological polar surface area (TPSA) is 87.4 Å². The highest BCUT2D eigenvalue weighted by atomic mass is 19.1. The summed E-state index contributed by atoms with van der Waals surface area (Å²) in [5.41, 5.74) is 13.3. The maximum atomic E-state index is 13.2. The van der Waals surface area contributed by atoms with Gasteiger partial charge in [0.15, 0.2) is 0 Å². The molecule has 3 aromatic carbocycles. The summed E-state index contributed by atoms with van der Waals surface area (Å²) in [5.74, 6) is -0.219. The molecule has 3 aromatic rings. The second-order valence-electron chi connectivity index (χ2n) is 8.87. The highest BCUT2D eigenvalue weighted by Crippen LogP contribution is 2.31. The summed E-state index contributed by atoms with van der Waals surface area (Å²) in [6, 6.07) is 15.3. The van der Waals surface area contributed by atoms with Gasteiger partial charge in [0.1, 0.15) is 11.6 Å². The molecule has 0 unspecified atom stereocenters. The third kappa shape index (κ3) is 5.34. The molecule has 1 heterocycles. The lowest BCUT2D eigenvalue weighted by Gasteiger charge is -2.29. The number of nitrogens with one attached hydrogen (secondary N) is 2. The van der Waals surface area contributed by atoms with Crippen molar-refractivity contribution in [1.82, 2.24) is 5.32 Å². The number of rotatable bonds is 6.